The summed E-state index contributed by atoms with van der Waals surface area (Å²) in [5.41, 5.74) is 3.64. The van der Waals surface area contributed by atoms with Gasteiger partial charge < -0.3 is 9.52 Å². The molecule has 28 heavy (non-hydrogen) atoms. The summed E-state index contributed by atoms with van der Waals surface area (Å²) in [6.45, 7) is 0. The molecule has 2 aromatic heterocycles. The van der Waals surface area contributed by atoms with Gasteiger partial charge in [-0.25, -0.2) is 4.98 Å². The van der Waals surface area contributed by atoms with Crippen molar-refractivity contribution >= 4 is 33.8 Å². The maximum Gasteiger partial charge on any atom is 0.228 e. The Labute approximate surface area is 160 Å². The van der Waals surface area contributed by atoms with Crippen LogP contribution in [0.5, 0.6) is 5.75 Å². The SMILES string of the molecule is Oc1ccc2ccccc2c1C=Nc1ccc2oc(-c3cccnc3)nc2c1. The molecule has 0 radical (unpaired) electrons. The summed E-state index contributed by atoms with van der Waals surface area (Å²) in [6.07, 6.45) is 5.11. The normalized spacial score (nSPS) is 11.6. The van der Waals surface area contributed by atoms with Gasteiger partial charge in [0.05, 0.1) is 11.3 Å². The lowest BCUT2D eigenvalue weighted by molar-refractivity contribution is 0.475. The number of phenols is 1. The Bertz CT molecular complexity index is 1320. The lowest BCUT2D eigenvalue weighted by Gasteiger charge is -2.04. The molecule has 1 N–H and O–H groups in total. The summed E-state index contributed by atoms with van der Waals surface area (Å²) in [5, 5.41) is 12.3. The third kappa shape index (κ3) is 2.89. The molecule has 0 unspecified atom stereocenters. The molecule has 0 saturated carbocycles. The van der Waals surface area contributed by atoms with E-state index in [-0.39, 0.29) is 5.75 Å². The molecule has 0 aliphatic carbocycles. The fourth-order valence-corrected chi connectivity index (χ4v) is 3.17. The number of rotatable bonds is 3. The topological polar surface area (TPSA) is 71.5 Å². The van der Waals surface area contributed by atoms with E-state index < -0.39 is 0 Å². The van der Waals surface area contributed by atoms with Crippen molar-refractivity contribution in [2.75, 3.05) is 0 Å². The highest BCUT2D eigenvalue weighted by atomic mass is 16.3. The maximum absolute atomic E-state index is 10.3. The van der Waals surface area contributed by atoms with Crippen LogP contribution in [0.25, 0.3) is 33.3 Å². The van der Waals surface area contributed by atoms with Gasteiger partial charge in [0, 0.05) is 24.2 Å². The molecule has 0 fully saturated rings. The average molecular weight is 365 g/mol. The van der Waals surface area contributed by atoms with Crippen LogP contribution >= 0.6 is 0 Å². The van der Waals surface area contributed by atoms with Gasteiger partial charge in [-0.2, -0.15) is 0 Å². The van der Waals surface area contributed by atoms with Gasteiger partial charge in [-0.1, -0.05) is 30.3 Å². The number of hydrogen-bond donors (Lipinski definition) is 1. The van der Waals surface area contributed by atoms with Crippen LogP contribution in [-0.4, -0.2) is 21.3 Å². The van der Waals surface area contributed by atoms with Crippen molar-refractivity contribution in [3.05, 3.63) is 84.7 Å². The van der Waals surface area contributed by atoms with Crippen LogP contribution in [-0.2, 0) is 0 Å². The van der Waals surface area contributed by atoms with E-state index in [4.69, 9.17) is 4.42 Å². The van der Waals surface area contributed by atoms with Gasteiger partial charge in [0.2, 0.25) is 5.89 Å². The minimum Gasteiger partial charge on any atom is -0.507 e. The molecular formula is C23H15N3O2. The third-order valence-electron chi connectivity index (χ3n) is 4.57. The molecule has 0 aliphatic rings. The van der Waals surface area contributed by atoms with Crippen LogP contribution in [0.3, 0.4) is 0 Å². The van der Waals surface area contributed by atoms with E-state index in [1.165, 1.54) is 0 Å². The van der Waals surface area contributed by atoms with Gasteiger partial charge in [0.15, 0.2) is 5.58 Å². The number of benzene rings is 3. The number of fused-ring (bicyclic) bond motifs is 2. The minimum atomic E-state index is 0.198. The molecule has 0 amide bonds. The highest BCUT2D eigenvalue weighted by molar-refractivity contribution is 6.03. The van der Waals surface area contributed by atoms with E-state index in [9.17, 15) is 5.11 Å². The Morgan fingerprint density at radius 3 is 2.79 bits per heavy atom. The number of hydrogen-bond acceptors (Lipinski definition) is 5. The first-order valence-electron chi connectivity index (χ1n) is 8.84. The van der Waals surface area contributed by atoms with Crippen molar-refractivity contribution in [2.45, 2.75) is 0 Å². The second-order valence-electron chi connectivity index (χ2n) is 6.39. The number of aromatic nitrogens is 2. The van der Waals surface area contributed by atoms with Crippen LogP contribution in [0.4, 0.5) is 5.69 Å². The molecular weight excluding hydrogens is 350 g/mol. The molecule has 5 aromatic rings. The van der Waals surface area contributed by atoms with Crippen LogP contribution < -0.4 is 0 Å². The molecule has 0 spiro atoms. The van der Waals surface area contributed by atoms with Crippen molar-refractivity contribution in [1.29, 1.82) is 0 Å². The molecule has 5 heteroatoms. The number of nitrogens with zero attached hydrogens (tertiary/aromatic N) is 3. The van der Waals surface area contributed by atoms with E-state index in [1.807, 2.05) is 60.7 Å². The van der Waals surface area contributed by atoms with Gasteiger partial charge >= 0.3 is 0 Å². The predicted octanol–water partition coefficient (Wildman–Crippen LogP) is 5.50. The lowest BCUT2D eigenvalue weighted by Crippen LogP contribution is -1.85. The Morgan fingerprint density at radius 2 is 1.89 bits per heavy atom. The number of pyridine rings is 1. The quantitative estimate of drug-likeness (QED) is 0.429. The fourth-order valence-electron chi connectivity index (χ4n) is 3.17. The van der Waals surface area contributed by atoms with E-state index in [0.29, 0.717) is 17.0 Å². The first kappa shape index (κ1) is 16.2. The number of aromatic hydroxyl groups is 1. The first-order chi connectivity index (χ1) is 13.8. The first-order valence-corrected chi connectivity index (χ1v) is 8.84. The summed E-state index contributed by atoms with van der Waals surface area (Å²) < 4.78 is 5.81. The standard InChI is InChI=1S/C23H15N3O2/c27-21-9-7-15-4-1-2-6-18(15)19(21)14-25-17-8-10-22-20(12-17)26-23(28-22)16-5-3-11-24-13-16/h1-14,27H. The largest absolute Gasteiger partial charge is 0.507 e. The van der Waals surface area contributed by atoms with E-state index in [0.717, 1.165) is 27.5 Å². The summed E-state index contributed by atoms with van der Waals surface area (Å²) in [5.74, 6) is 0.722. The molecule has 2 heterocycles. The molecule has 3 aromatic carbocycles. The van der Waals surface area contributed by atoms with Crippen molar-refractivity contribution in [1.82, 2.24) is 9.97 Å². The summed E-state index contributed by atoms with van der Waals surface area (Å²) in [6, 6.07) is 20.8. The molecule has 0 bridgehead atoms. The van der Waals surface area contributed by atoms with Crippen molar-refractivity contribution in [3.8, 4) is 17.2 Å². The third-order valence-corrected chi connectivity index (χ3v) is 4.57. The molecule has 134 valence electrons. The van der Waals surface area contributed by atoms with Crippen LogP contribution in [0.2, 0.25) is 0 Å². The van der Waals surface area contributed by atoms with Crippen LogP contribution in [0, 0.1) is 0 Å². The van der Waals surface area contributed by atoms with Gasteiger partial charge in [-0.15, -0.1) is 0 Å². The van der Waals surface area contributed by atoms with Crippen molar-refractivity contribution in [3.63, 3.8) is 0 Å². The van der Waals surface area contributed by atoms with Gasteiger partial charge in [0.25, 0.3) is 0 Å². The Morgan fingerprint density at radius 1 is 0.964 bits per heavy atom. The zero-order chi connectivity index (χ0) is 18.9. The monoisotopic (exact) mass is 365 g/mol. The number of phenolic OH excluding ortho intramolecular Hbond substituents is 1. The maximum atomic E-state index is 10.3. The van der Waals surface area contributed by atoms with Crippen molar-refractivity contribution < 1.29 is 9.52 Å². The molecule has 5 nitrogen and oxygen atoms in total. The second-order valence-corrected chi connectivity index (χ2v) is 6.39. The lowest BCUT2D eigenvalue weighted by atomic mass is 10.0. The van der Waals surface area contributed by atoms with E-state index in [2.05, 4.69) is 15.0 Å². The molecule has 0 atom stereocenters. The summed E-state index contributed by atoms with van der Waals surface area (Å²) in [7, 11) is 0. The summed E-state index contributed by atoms with van der Waals surface area (Å²) in [4.78, 5) is 13.2. The predicted molar refractivity (Wildman–Crippen MR) is 110 cm³/mol. The van der Waals surface area contributed by atoms with E-state index >= 15 is 0 Å². The van der Waals surface area contributed by atoms with Gasteiger partial charge in [-0.05, 0) is 47.2 Å². The number of oxazole rings is 1. The Kier molecular flexibility index (Phi) is 3.84. The van der Waals surface area contributed by atoms with Crippen LogP contribution in [0.15, 0.2) is 88.5 Å². The summed E-state index contributed by atoms with van der Waals surface area (Å²) >= 11 is 0. The number of aliphatic imine (C=N–C) groups is 1. The fraction of sp³-hybridized carbons (Fsp3) is 0. The van der Waals surface area contributed by atoms with Crippen molar-refractivity contribution in [2.24, 2.45) is 4.99 Å². The smallest absolute Gasteiger partial charge is 0.228 e. The minimum absolute atomic E-state index is 0.198. The highest BCUT2D eigenvalue weighted by Gasteiger charge is 2.09. The average Bonchev–Trinajstić information content (AvgIpc) is 3.17. The zero-order valence-electron chi connectivity index (χ0n) is 14.8. The molecule has 0 aliphatic heterocycles. The van der Waals surface area contributed by atoms with Crippen LogP contribution in [0.1, 0.15) is 5.56 Å². The van der Waals surface area contributed by atoms with Gasteiger partial charge in [-0.3, -0.25) is 9.98 Å². The van der Waals surface area contributed by atoms with Gasteiger partial charge in [0.1, 0.15) is 11.3 Å². The Hall–Kier alpha value is -3.99. The second kappa shape index (κ2) is 6.63. The molecule has 0 saturated heterocycles. The highest BCUT2D eigenvalue weighted by Crippen LogP contribution is 2.28. The van der Waals surface area contributed by atoms with E-state index in [1.54, 1.807) is 24.7 Å². The Balaban J connectivity index is 1.53. The zero-order valence-corrected chi connectivity index (χ0v) is 14.8. The molecule has 5 rings (SSSR count).